The van der Waals surface area contributed by atoms with Crippen LogP contribution in [0.5, 0.6) is 0 Å². The average molecular weight is 354 g/mol. The van der Waals surface area contributed by atoms with Gasteiger partial charge >= 0.3 is 0 Å². The van der Waals surface area contributed by atoms with Crippen molar-refractivity contribution < 1.29 is 12.6 Å². The lowest BCUT2D eigenvalue weighted by Gasteiger charge is -2.29. The highest BCUT2D eigenvalue weighted by atomic mass is 32.3. The van der Waals surface area contributed by atoms with E-state index in [-0.39, 0.29) is 4.90 Å². The molecule has 2 rings (SSSR count). The summed E-state index contributed by atoms with van der Waals surface area (Å²) in [6.07, 6.45) is 5.43. The molecule has 0 bridgehead atoms. The van der Waals surface area contributed by atoms with Gasteiger partial charge in [0.2, 0.25) is 0 Å². The first-order valence-corrected chi connectivity index (χ1v) is 10.4. The highest BCUT2D eigenvalue weighted by Crippen LogP contribution is 2.33. The Hall–Kier alpha value is -1.40. The summed E-state index contributed by atoms with van der Waals surface area (Å²) in [4.78, 5) is 0.0729. The van der Waals surface area contributed by atoms with Crippen molar-refractivity contribution in [2.45, 2.75) is 49.5 Å². The fourth-order valence-corrected chi connectivity index (χ4v) is 7.26. The lowest BCUT2D eigenvalue weighted by atomic mass is 10.2. The van der Waals surface area contributed by atoms with Gasteiger partial charge in [0.15, 0.2) is 0 Å². The Kier molecular flexibility index (Phi) is 4.61. The second-order valence-corrected chi connectivity index (χ2v) is 11.6. The summed E-state index contributed by atoms with van der Waals surface area (Å²) in [5, 5.41) is -0.484. The van der Waals surface area contributed by atoms with Crippen molar-refractivity contribution in [1.29, 1.82) is 0 Å². The molecule has 0 saturated heterocycles. The van der Waals surface area contributed by atoms with Crippen LogP contribution in [0.1, 0.15) is 33.3 Å². The van der Waals surface area contributed by atoms with Crippen molar-refractivity contribution in [3.8, 4) is 0 Å². The number of benzene rings is 1. The molecule has 1 aliphatic carbocycles. The molecule has 0 radical (unpaired) electrons. The van der Waals surface area contributed by atoms with Crippen LogP contribution in [0, 0.1) is 6.92 Å². The lowest BCUT2D eigenvalue weighted by Crippen LogP contribution is -2.37. The predicted molar refractivity (Wildman–Crippen MR) is 95.4 cm³/mol. The molecular formula is C17H23NO3S2. The van der Waals surface area contributed by atoms with Crippen molar-refractivity contribution >= 4 is 19.8 Å². The molecule has 2 unspecified atom stereocenters. The summed E-state index contributed by atoms with van der Waals surface area (Å²) in [5.74, 6) is 0. The molecule has 0 aromatic heterocycles. The van der Waals surface area contributed by atoms with Gasteiger partial charge in [0.1, 0.15) is 0 Å². The van der Waals surface area contributed by atoms with Crippen molar-refractivity contribution in [2.75, 3.05) is 0 Å². The molecular weight excluding hydrogens is 330 g/mol. The maximum Gasteiger partial charge on any atom is 0.290 e. The third-order valence-corrected chi connectivity index (χ3v) is 9.35. The molecule has 1 aromatic carbocycles. The summed E-state index contributed by atoms with van der Waals surface area (Å²) >= 11 is 0. The highest BCUT2D eigenvalue weighted by Gasteiger charge is 2.37. The number of hydrogen-bond donors (Lipinski definition) is 0. The molecule has 0 aliphatic heterocycles. The molecule has 0 spiro atoms. The van der Waals surface area contributed by atoms with Crippen LogP contribution < -0.4 is 0 Å². The second kappa shape index (κ2) is 5.91. The van der Waals surface area contributed by atoms with Crippen LogP contribution >= 0.6 is 0 Å². The second-order valence-electron chi connectivity index (χ2n) is 6.76. The fraction of sp³-hybridized carbons (Fsp3) is 0.412. The van der Waals surface area contributed by atoms with Crippen molar-refractivity contribution in [3.05, 3.63) is 53.6 Å². The van der Waals surface area contributed by atoms with Gasteiger partial charge in [-0.05, 0) is 46.8 Å². The molecule has 23 heavy (non-hydrogen) atoms. The Labute approximate surface area is 139 Å². The lowest BCUT2D eigenvalue weighted by molar-refractivity contribution is 0.596. The molecule has 1 aromatic rings. The van der Waals surface area contributed by atoms with Crippen LogP contribution in [0.15, 0.2) is 56.7 Å². The molecule has 0 fully saturated rings. The quantitative estimate of drug-likeness (QED) is 0.829. The number of nitrogens with zero attached hydrogens (tertiary/aromatic N) is 1. The summed E-state index contributed by atoms with van der Waals surface area (Å²) in [5.41, 5.74) is 1.82. The van der Waals surface area contributed by atoms with Gasteiger partial charge in [-0.3, -0.25) is 0 Å². The summed E-state index contributed by atoms with van der Waals surface area (Å²) in [6, 6.07) is 6.43. The average Bonchev–Trinajstić information content (AvgIpc) is 2.84. The van der Waals surface area contributed by atoms with Crippen molar-refractivity contribution in [1.82, 2.24) is 0 Å². The third kappa shape index (κ3) is 3.43. The maximum atomic E-state index is 13.6. The zero-order valence-electron chi connectivity index (χ0n) is 14.1. The number of allylic oxidation sites excluding steroid dienone is 2. The highest BCUT2D eigenvalue weighted by molar-refractivity contribution is 8.04. The molecule has 0 amide bonds. The Balaban J connectivity index is 2.67. The minimum atomic E-state index is -3.99. The molecule has 126 valence electrons. The van der Waals surface area contributed by atoms with E-state index in [1.165, 1.54) is 12.1 Å². The predicted octanol–water partition coefficient (Wildman–Crippen LogP) is 3.83. The van der Waals surface area contributed by atoms with E-state index in [0.717, 1.165) is 11.1 Å². The molecule has 1 aliphatic rings. The number of sulfonamides is 1. The fourth-order valence-electron chi connectivity index (χ4n) is 2.35. The van der Waals surface area contributed by atoms with E-state index in [9.17, 15) is 12.6 Å². The van der Waals surface area contributed by atoms with Crippen LogP contribution in [0.3, 0.4) is 0 Å². The van der Waals surface area contributed by atoms with E-state index < -0.39 is 29.7 Å². The zero-order valence-corrected chi connectivity index (χ0v) is 15.7. The molecule has 0 heterocycles. The van der Waals surface area contributed by atoms with E-state index in [0.29, 0.717) is 0 Å². The van der Waals surface area contributed by atoms with Gasteiger partial charge in [-0.15, -0.1) is 3.77 Å². The first-order chi connectivity index (χ1) is 10.5. The van der Waals surface area contributed by atoms with E-state index >= 15 is 0 Å². The van der Waals surface area contributed by atoms with Gasteiger partial charge in [0.25, 0.3) is 10.0 Å². The first-order valence-electron chi connectivity index (χ1n) is 7.41. The molecule has 0 saturated carbocycles. The van der Waals surface area contributed by atoms with E-state index in [4.69, 9.17) is 0 Å². The van der Waals surface area contributed by atoms with E-state index in [1.54, 1.807) is 45.1 Å². The topological polar surface area (TPSA) is 63.6 Å². The standard InChI is InChI=1S/C17H23NO3S2/c1-13-9-11-15(12-10-13)23(20,21)18-22(19,17(3,4)5)16-8-6-7-14(16)2/h6-12,16H,1-5H3. The Morgan fingerprint density at radius 2 is 1.57 bits per heavy atom. The van der Waals surface area contributed by atoms with Crippen molar-refractivity contribution in [3.63, 3.8) is 0 Å². The third-order valence-electron chi connectivity index (χ3n) is 3.84. The SMILES string of the molecule is CC1=CC=CC1S(=O)(=NS(=O)(=O)c1ccc(C)cc1)C(C)(C)C. The smallest absolute Gasteiger partial charge is 0.247 e. The maximum absolute atomic E-state index is 13.6. The molecule has 0 N–H and O–H groups in total. The summed E-state index contributed by atoms with van der Waals surface area (Å²) in [7, 11) is -7.06. The van der Waals surface area contributed by atoms with E-state index in [2.05, 4.69) is 3.77 Å². The van der Waals surface area contributed by atoms with Gasteiger partial charge in [-0.2, -0.15) is 8.42 Å². The van der Waals surface area contributed by atoms with Gasteiger partial charge in [0.05, 0.1) is 19.9 Å². The van der Waals surface area contributed by atoms with Crippen LogP contribution in [-0.2, 0) is 19.8 Å². The van der Waals surface area contributed by atoms with Crippen LogP contribution in [0.25, 0.3) is 0 Å². The number of rotatable bonds is 3. The van der Waals surface area contributed by atoms with Gasteiger partial charge in [-0.25, -0.2) is 4.21 Å². The van der Waals surface area contributed by atoms with Crippen LogP contribution in [0.4, 0.5) is 0 Å². The normalized spacial score (nSPS) is 20.9. The van der Waals surface area contributed by atoms with Gasteiger partial charge in [-0.1, -0.05) is 41.5 Å². The molecule has 6 heteroatoms. The number of aryl methyl sites for hydroxylation is 1. The summed E-state index contributed by atoms with van der Waals surface area (Å²) < 4.78 is 42.2. The van der Waals surface area contributed by atoms with Crippen LogP contribution in [0.2, 0.25) is 0 Å². The monoisotopic (exact) mass is 353 g/mol. The molecule has 4 nitrogen and oxygen atoms in total. The number of hydrogen-bond acceptors (Lipinski definition) is 3. The zero-order chi connectivity index (χ0) is 17.5. The largest absolute Gasteiger partial charge is 0.290 e. The Morgan fingerprint density at radius 1 is 1.00 bits per heavy atom. The Bertz CT molecular complexity index is 877. The minimum absolute atomic E-state index is 0.0729. The minimum Gasteiger partial charge on any atom is -0.247 e. The molecule has 2 atom stereocenters. The van der Waals surface area contributed by atoms with Gasteiger partial charge in [0, 0.05) is 4.75 Å². The summed E-state index contributed by atoms with van der Waals surface area (Å²) in [6.45, 7) is 9.03. The van der Waals surface area contributed by atoms with E-state index in [1.807, 2.05) is 19.9 Å². The first kappa shape index (κ1) is 17.9. The van der Waals surface area contributed by atoms with Crippen molar-refractivity contribution in [2.24, 2.45) is 3.77 Å². The van der Waals surface area contributed by atoms with Gasteiger partial charge < -0.3 is 0 Å². The Morgan fingerprint density at radius 3 is 2.00 bits per heavy atom. The van der Waals surface area contributed by atoms with Crippen LogP contribution in [-0.4, -0.2) is 22.6 Å².